The van der Waals surface area contributed by atoms with E-state index >= 15 is 0 Å². The zero-order valence-corrected chi connectivity index (χ0v) is 23.4. The molecule has 0 bridgehead atoms. The van der Waals surface area contributed by atoms with Gasteiger partial charge in [0, 0.05) is 44.1 Å². The van der Waals surface area contributed by atoms with Crippen LogP contribution in [0.25, 0.3) is 5.76 Å². The van der Waals surface area contributed by atoms with Crippen molar-refractivity contribution in [2.75, 3.05) is 24.7 Å². The van der Waals surface area contributed by atoms with Gasteiger partial charge in [-0.05, 0) is 44.2 Å². The van der Waals surface area contributed by atoms with Crippen molar-refractivity contribution in [3.05, 3.63) is 39.7 Å². The largest absolute Gasteiger partial charge is 0.508 e. The van der Waals surface area contributed by atoms with E-state index in [2.05, 4.69) is 11.8 Å². The maximum absolute atomic E-state index is 13.7. The first kappa shape index (κ1) is 29.2. The van der Waals surface area contributed by atoms with Gasteiger partial charge < -0.3 is 31.1 Å². The Labute approximate surface area is 231 Å². The number of carbonyl (C=O) groups is 3. The number of primary amides is 1. The number of amides is 1. The molecule has 0 radical (unpaired) electrons. The van der Waals surface area contributed by atoms with Crippen LogP contribution in [-0.2, 0) is 30.6 Å². The Kier molecular flexibility index (Phi) is 7.28. The normalized spacial score (nSPS) is 24.2. The van der Waals surface area contributed by atoms with Crippen LogP contribution >= 0.6 is 0 Å². The van der Waals surface area contributed by atoms with Gasteiger partial charge in [0.05, 0.1) is 22.1 Å². The van der Waals surface area contributed by atoms with Crippen LogP contribution < -0.4 is 10.6 Å². The second-order valence-electron chi connectivity index (χ2n) is 10.9. The van der Waals surface area contributed by atoms with E-state index in [1.165, 1.54) is 0 Å². The van der Waals surface area contributed by atoms with Crippen LogP contribution in [-0.4, -0.2) is 77.0 Å². The Morgan fingerprint density at radius 3 is 2.42 bits per heavy atom. The van der Waals surface area contributed by atoms with Gasteiger partial charge in [-0.1, -0.05) is 11.8 Å². The van der Waals surface area contributed by atoms with Gasteiger partial charge in [-0.15, -0.1) is 0 Å². The predicted molar refractivity (Wildman–Crippen MR) is 146 cm³/mol. The van der Waals surface area contributed by atoms with Crippen LogP contribution in [0.5, 0.6) is 5.75 Å². The van der Waals surface area contributed by atoms with E-state index in [0.717, 1.165) is 0 Å². The van der Waals surface area contributed by atoms with Crippen molar-refractivity contribution in [2.24, 2.45) is 17.6 Å². The summed E-state index contributed by atoms with van der Waals surface area (Å²) in [7, 11) is 0.172. The van der Waals surface area contributed by atoms with E-state index in [0.29, 0.717) is 11.3 Å². The van der Waals surface area contributed by atoms with Crippen molar-refractivity contribution in [1.29, 1.82) is 0 Å². The molecule has 3 aliphatic rings. The highest BCUT2D eigenvalue weighted by Gasteiger charge is 2.60. The van der Waals surface area contributed by atoms with Crippen LogP contribution in [0, 0.1) is 23.7 Å². The fourth-order valence-corrected chi connectivity index (χ4v) is 6.61. The smallest absolute Gasteiger partial charge is 0.255 e. The van der Waals surface area contributed by atoms with E-state index in [1.54, 1.807) is 38.9 Å². The van der Waals surface area contributed by atoms with E-state index in [1.807, 2.05) is 0 Å². The van der Waals surface area contributed by atoms with Crippen molar-refractivity contribution in [1.82, 2.24) is 0 Å². The number of sulfone groups is 1. The molecule has 1 saturated carbocycles. The Hall–Kier alpha value is -3.82. The highest BCUT2D eigenvalue weighted by Crippen LogP contribution is 2.53. The molecule has 12 heteroatoms. The van der Waals surface area contributed by atoms with Crippen LogP contribution in [0.2, 0.25) is 0 Å². The number of Topliss-reactive ketones (excluding diaryl/α,β-unsaturated/α-hetero) is 2. The number of nitrogens with two attached hydrogens (primary N) is 1. The molecule has 0 saturated heterocycles. The van der Waals surface area contributed by atoms with E-state index in [-0.39, 0.29) is 41.7 Å². The lowest BCUT2D eigenvalue weighted by Crippen LogP contribution is -2.58. The maximum Gasteiger partial charge on any atom is 0.255 e. The second-order valence-corrected chi connectivity index (χ2v) is 13.6. The molecule has 1 aromatic carbocycles. The quantitative estimate of drug-likeness (QED) is 0.251. The lowest BCUT2D eigenvalue weighted by molar-refractivity contribution is -0.147. The Morgan fingerprint density at radius 2 is 1.85 bits per heavy atom. The third kappa shape index (κ3) is 4.43. The predicted octanol–water partition coefficient (Wildman–Crippen LogP) is 1.05. The summed E-state index contributed by atoms with van der Waals surface area (Å²) in [5.41, 5.74) is 2.60. The summed E-state index contributed by atoms with van der Waals surface area (Å²) in [6.07, 6.45) is -0.185. The zero-order chi connectivity index (χ0) is 29.9. The molecule has 4 rings (SSSR count). The minimum Gasteiger partial charge on any atom is -0.508 e. The number of phenolic OH excluding ortho intramolecular Hbond substituents is 1. The molecule has 0 aromatic heterocycles. The number of anilines is 1. The fraction of sp³-hybridized carbons (Fsp3) is 0.464. The molecule has 1 aromatic rings. The van der Waals surface area contributed by atoms with Gasteiger partial charge in [0.1, 0.15) is 22.8 Å². The molecular weight excluding hydrogens is 540 g/mol. The van der Waals surface area contributed by atoms with Crippen LogP contribution in [0.4, 0.5) is 5.69 Å². The molecule has 1 fully saturated rings. The molecule has 0 heterocycles. The highest BCUT2D eigenvalue weighted by molar-refractivity contribution is 7.91. The number of aliphatic hydroxyl groups excluding tert-OH is 2. The first-order chi connectivity index (χ1) is 18.5. The van der Waals surface area contributed by atoms with Crippen LogP contribution in [0.3, 0.4) is 0 Å². The minimum absolute atomic E-state index is 0.0168. The van der Waals surface area contributed by atoms with Gasteiger partial charge in [-0.2, -0.15) is 0 Å². The number of ketones is 2. The molecule has 3 aliphatic carbocycles. The molecule has 40 heavy (non-hydrogen) atoms. The van der Waals surface area contributed by atoms with Crippen molar-refractivity contribution in [3.8, 4) is 17.6 Å². The molecule has 6 N–H and O–H groups in total. The summed E-state index contributed by atoms with van der Waals surface area (Å²) in [4.78, 5) is 39.7. The molecule has 0 spiro atoms. The van der Waals surface area contributed by atoms with Crippen molar-refractivity contribution in [2.45, 2.75) is 50.4 Å². The van der Waals surface area contributed by atoms with Gasteiger partial charge in [0.25, 0.3) is 5.91 Å². The number of phenols is 1. The molecule has 1 amide bonds. The fourth-order valence-electron chi connectivity index (χ4n) is 5.75. The first-order valence-electron chi connectivity index (χ1n) is 12.8. The van der Waals surface area contributed by atoms with Crippen LogP contribution in [0.1, 0.15) is 49.8 Å². The third-order valence-electron chi connectivity index (χ3n) is 7.97. The number of hydrogen-bond donors (Lipinski definition) is 5. The number of aliphatic hydroxyl groups is 3. The molecule has 0 aliphatic heterocycles. The molecular formula is C28H32N2O9S. The average Bonchev–Trinajstić information content (AvgIpc) is 2.84. The van der Waals surface area contributed by atoms with Gasteiger partial charge in [0.15, 0.2) is 21.2 Å². The number of aromatic hydroxyl groups is 1. The van der Waals surface area contributed by atoms with Crippen molar-refractivity contribution < 1.29 is 43.2 Å². The summed E-state index contributed by atoms with van der Waals surface area (Å²) in [5.74, 6) is -1.68. The average molecular weight is 573 g/mol. The minimum atomic E-state index is -3.32. The maximum atomic E-state index is 13.7. The molecule has 214 valence electrons. The van der Waals surface area contributed by atoms with Gasteiger partial charge >= 0.3 is 0 Å². The molecule has 11 nitrogen and oxygen atoms in total. The van der Waals surface area contributed by atoms with E-state index in [4.69, 9.17) is 5.73 Å². The summed E-state index contributed by atoms with van der Waals surface area (Å²) in [6, 6.07) is 1.61. The van der Waals surface area contributed by atoms with E-state index < -0.39 is 79.3 Å². The molecule has 0 unspecified atom stereocenters. The topological polar surface area (TPSA) is 196 Å². The SMILES string of the molecule is CC(C)S(=O)(=O)CCC#Cc1cc(N(C)C)c2c(c1O)C(O)=C1C(=O)[C@]3(O)C(O)=C(C(N)=O)C(=O)C[C@@H]3C[C@@H]1C2. The van der Waals surface area contributed by atoms with Crippen molar-refractivity contribution >= 4 is 38.8 Å². The summed E-state index contributed by atoms with van der Waals surface area (Å²) in [5, 5.41) is 44.1. The number of fused-ring (bicyclic) bond motifs is 3. The lowest BCUT2D eigenvalue weighted by Gasteiger charge is -2.46. The number of carbonyl (C=O) groups excluding carboxylic acids is 3. The standard InChI is InChI=1S/C28H32N2O9S/c1-13(2)40(38,39)8-6-5-7-14-11-18(30(3)4)17-10-15-9-16-12-19(31)22(27(29)36)26(35)28(16,37)25(34)20(15)24(33)21(17)23(14)32/h11,13,15-16,32-33,35,37H,6,8-10,12H2,1-4H3,(H2,29,36)/t15-,16+,28+/m1/s1. The number of nitrogens with zero attached hydrogens (tertiary/aromatic N) is 1. The summed E-state index contributed by atoms with van der Waals surface area (Å²) < 4.78 is 24.2. The zero-order valence-electron chi connectivity index (χ0n) is 22.6. The number of rotatable bonds is 5. The van der Waals surface area contributed by atoms with Crippen molar-refractivity contribution in [3.63, 3.8) is 0 Å². The highest BCUT2D eigenvalue weighted by atomic mass is 32.2. The Bertz CT molecular complexity index is 1570. The van der Waals surface area contributed by atoms with Gasteiger partial charge in [-0.25, -0.2) is 8.42 Å². The first-order valence-corrected chi connectivity index (χ1v) is 14.5. The lowest BCUT2D eigenvalue weighted by atomic mass is 9.59. The summed E-state index contributed by atoms with van der Waals surface area (Å²) in [6.45, 7) is 3.15. The monoisotopic (exact) mass is 572 g/mol. The third-order valence-corrected chi connectivity index (χ3v) is 10.2. The number of hydrogen-bond acceptors (Lipinski definition) is 10. The van der Waals surface area contributed by atoms with Gasteiger partial charge in [-0.3, -0.25) is 14.4 Å². The Morgan fingerprint density at radius 1 is 1.20 bits per heavy atom. The van der Waals surface area contributed by atoms with Crippen LogP contribution in [0.15, 0.2) is 23.0 Å². The van der Waals surface area contributed by atoms with E-state index in [9.17, 15) is 43.2 Å². The number of benzene rings is 1. The van der Waals surface area contributed by atoms with Gasteiger partial charge in [0.2, 0.25) is 5.78 Å². The molecule has 3 atom stereocenters. The second kappa shape index (κ2) is 9.98. The summed E-state index contributed by atoms with van der Waals surface area (Å²) >= 11 is 0. The Balaban J connectivity index is 1.85.